The van der Waals surface area contributed by atoms with Crippen LogP contribution in [0, 0.1) is 10.1 Å². The minimum absolute atomic E-state index is 0. The number of nitro benzene ring substituents is 1. The maximum atomic E-state index is 11.7. The normalized spacial score (nSPS) is 11.9. The Bertz CT molecular complexity index is 3110. The van der Waals surface area contributed by atoms with Crippen molar-refractivity contribution in [2.24, 2.45) is 25.6 Å². The Labute approximate surface area is 351 Å². The first kappa shape index (κ1) is 43.2. The smallest absolute Gasteiger partial charge is 0.506 e. The number of aromatic hydroxyl groups is 4. The zero-order chi connectivity index (χ0) is 41.4. The van der Waals surface area contributed by atoms with E-state index in [0.29, 0.717) is 21.2 Å². The molecule has 7 aromatic carbocycles. The van der Waals surface area contributed by atoms with Crippen molar-refractivity contribution < 1.29 is 67.0 Å². The van der Waals surface area contributed by atoms with Crippen LogP contribution in [0.4, 0.5) is 28.4 Å². The van der Waals surface area contributed by atoms with Crippen LogP contribution in [0.3, 0.4) is 0 Å². The maximum Gasteiger partial charge on any atom is 1.00 e. The minimum atomic E-state index is -4.81. The van der Waals surface area contributed by atoms with Gasteiger partial charge in [-0.25, -0.2) is 13.6 Å². The molecule has 0 spiro atoms. The molecule has 7 N–H and O–H groups in total. The van der Waals surface area contributed by atoms with E-state index >= 15 is 0 Å². The number of halogens is 2. The molecule has 0 aliphatic carbocycles. The van der Waals surface area contributed by atoms with Gasteiger partial charge in [-0.05, 0) is 60.0 Å². The number of primary sulfonamides is 1. The minimum Gasteiger partial charge on any atom is -0.506 e. The van der Waals surface area contributed by atoms with Gasteiger partial charge in [0.15, 0.2) is 0 Å². The van der Waals surface area contributed by atoms with Gasteiger partial charge >= 0.3 is 2.85 Å². The molecule has 7 rings (SSSR count). The zero-order valence-electron chi connectivity index (χ0n) is 30.8. The van der Waals surface area contributed by atoms with Crippen LogP contribution >= 0.6 is 23.2 Å². The van der Waals surface area contributed by atoms with Gasteiger partial charge < -0.3 is 20.4 Å². The monoisotopic (exact) mass is 904 g/mol. The number of phenols is 4. The van der Waals surface area contributed by atoms with Crippen LogP contribution in [-0.2, 0) is 37.5 Å². The summed E-state index contributed by atoms with van der Waals surface area (Å²) in [6.45, 7) is 0. The van der Waals surface area contributed by atoms with Gasteiger partial charge in [0.25, 0.3) is 15.8 Å². The molecule has 296 valence electrons. The average Bonchev–Trinajstić information content (AvgIpc) is 3.15. The summed E-state index contributed by atoms with van der Waals surface area (Å²) >= 11 is 12.3. The number of non-ortho nitro benzene ring substituents is 1. The number of fused-ring (bicyclic) bond motifs is 3. The van der Waals surface area contributed by atoms with E-state index in [1.54, 1.807) is 48.5 Å². The average molecular weight is 906 g/mol. The van der Waals surface area contributed by atoms with Gasteiger partial charge in [0.05, 0.1) is 14.8 Å². The van der Waals surface area contributed by atoms with Crippen LogP contribution in [-0.4, -0.2) is 46.7 Å². The summed E-state index contributed by atoms with van der Waals surface area (Å²) < 4.78 is 55.9. The van der Waals surface area contributed by atoms with Crippen LogP contribution in [0.25, 0.3) is 32.3 Å². The van der Waals surface area contributed by atoms with Crippen molar-refractivity contribution >= 4 is 104 Å². The number of sulfonamides is 1. The summed E-state index contributed by atoms with van der Waals surface area (Å²) in [6, 6.07) is 23.6. The van der Waals surface area contributed by atoms with E-state index in [2.05, 4.69) is 20.5 Å². The second-order valence-electron chi connectivity index (χ2n) is 11.8. The summed E-state index contributed by atoms with van der Waals surface area (Å²) in [5.41, 5.74) is -0.616. The standard InChI is InChI=1S/C20H13N3O7S.C16H11Cl2N3O4S.Cr/c24-16-8-5-11-3-1-2-4-13(11)19(16)21-22-20-14-7-6-12(23(26)27)9-15(14)18(10-17(20)25)31(28,29)30;17-10-3-4-11(18)15-9(10)2-6-14(23)16(15)21-20-12-7-8(26(19,24)25)1-5-13(12)22;/h1-10,24-25H,(H,28,29,30);1-7,22-23H,(H2,19,24,25);/p+2. The number of hydrogen-bond acceptors (Lipinski definition) is 14. The van der Waals surface area contributed by atoms with E-state index in [1.807, 2.05) is 0 Å². The molecule has 17 nitrogen and oxygen atoms in total. The van der Waals surface area contributed by atoms with Crippen molar-refractivity contribution in [2.45, 2.75) is 9.79 Å². The molecule has 22 heteroatoms. The van der Waals surface area contributed by atoms with Crippen molar-refractivity contribution in [3.05, 3.63) is 123 Å². The number of azo groups is 2. The first-order valence-electron chi connectivity index (χ1n) is 15.8. The van der Waals surface area contributed by atoms with Crippen molar-refractivity contribution in [2.75, 3.05) is 0 Å². The molecule has 0 aliphatic rings. The second-order valence-corrected chi connectivity index (χ2v) is 15.6. The number of phenolic OH excluding ortho intramolecular Hbond substituents is 4. The summed E-state index contributed by atoms with van der Waals surface area (Å²) in [7, 11) is -8.79. The van der Waals surface area contributed by atoms with Gasteiger partial charge in [-0.2, -0.15) is 8.42 Å². The molecular weight excluding hydrogens is 879 g/mol. The third-order valence-electron chi connectivity index (χ3n) is 8.21. The first-order valence-corrected chi connectivity index (χ1v) is 19.5. The third-order valence-corrected chi connectivity index (χ3v) is 10.7. The van der Waals surface area contributed by atoms with Crippen LogP contribution in [0.2, 0.25) is 10.0 Å². The molecule has 0 aliphatic heterocycles. The van der Waals surface area contributed by atoms with Crippen molar-refractivity contribution in [1.82, 2.24) is 0 Å². The number of nitro groups is 1. The van der Waals surface area contributed by atoms with Crippen LogP contribution in [0.15, 0.2) is 133 Å². The van der Waals surface area contributed by atoms with E-state index in [1.165, 1.54) is 18.2 Å². The van der Waals surface area contributed by atoms with Crippen molar-refractivity contribution in [1.29, 1.82) is 0 Å². The molecular formula is C36H26Cl2CrN6O11S2+2. The SMILES string of the molecule is NS(=O)(=O)c1ccc(O)c(N=Nc2c(O)ccc3c(Cl)ccc(Cl)c23)c1.O=[N+]([O-])c1ccc2c(N=Nc3c(O)ccc4ccccc34)c(O)cc(S(=O)(=O)O)c2c1.[Cr].[H+].[H+]. The number of nitrogens with two attached hydrogens (primary N) is 1. The topological polar surface area (TPSA) is 288 Å². The van der Waals surface area contributed by atoms with Crippen LogP contribution in [0.1, 0.15) is 2.85 Å². The Balaban J connectivity index is 0.000000309. The van der Waals surface area contributed by atoms with Crippen LogP contribution < -0.4 is 5.14 Å². The molecule has 0 fully saturated rings. The fourth-order valence-electron chi connectivity index (χ4n) is 5.54. The third kappa shape index (κ3) is 8.94. The Kier molecular flexibility index (Phi) is 12.6. The van der Waals surface area contributed by atoms with Gasteiger partial charge in [-0.3, -0.25) is 14.7 Å². The number of nitrogens with zero attached hydrogens (tertiary/aromatic N) is 5. The molecule has 0 bridgehead atoms. The van der Waals surface area contributed by atoms with Crippen molar-refractivity contribution in [3.63, 3.8) is 0 Å². The molecule has 0 atom stereocenters. The molecule has 0 amide bonds. The molecule has 58 heavy (non-hydrogen) atoms. The fourth-order valence-corrected chi connectivity index (χ4v) is 7.25. The molecule has 0 aromatic heterocycles. The van der Waals surface area contributed by atoms with Gasteiger partial charge in [-0.1, -0.05) is 53.5 Å². The van der Waals surface area contributed by atoms with E-state index in [9.17, 15) is 51.9 Å². The molecule has 0 radical (unpaired) electrons. The predicted molar refractivity (Wildman–Crippen MR) is 213 cm³/mol. The molecule has 0 saturated carbocycles. The zero-order valence-corrected chi connectivity index (χ0v) is 33.2. The summed E-state index contributed by atoms with van der Waals surface area (Å²) in [5.74, 6) is -1.33. The van der Waals surface area contributed by atoms with Crippen LogP contribution in [0.5, 0.6) is 23.0 Å². The van der Waals surface area contributed by atoms with E-state index < -0.39 is 41.4 Å². The summed E-state index contributed by atoms with van der Waals surface area (Å²) in [4.78, 5) is 9.42. The molecule has 0 saturated heterocycles. The summed E-state index contributed by atoms with van der Waals surface area (Å²) in [5, 5.41) is 75.3. The largest absolute Gasteiger partial charge is 1.00 e. The van der Waals surface area contributed by atoms with Gasteiger partial charge in [-0.15, -0.1) is 20.5 Å². The Morgan fingerprint density at radius 2 is 1.21 bits per heavy atom. The molecule has 7 aromatic rings. The Morgan fingerprint density at radius 1 is 0.621 bits per heavy atom. The predicted octanol–water partition coefficient (Wildman–Crippen LogP) is 9.82. The van der Waals surface area contributed by atoms with Gasteiger partial charge in [0, 0.05) is 67.5 Å². The fraction of sp³-hybridized carbons (Fsp3) is 0. The number of hydrogen-bond donors (Lipinski definition) is 6. The Morgan fingerprint density at radius 3 is 1.88 bits per heavy atom. The number of rotatable bonds is 7. The van der Waals surface area contributed by atoms with Gasteiger partial charge in [0.1, 0.15) is 50.6 Å². The number of benzene rings is 7. The summed E-state index contributed by atoms with van der Waals surface area (Å²) in [6.07, 6.45) is 0. The van der Waals surface area contributed by atoms with E-state index in [-0.39, 0.29) is 80.9 Å². The molecule has 0 unspecified atom stereocenters. The van der Waals surface area contributed by atoms with Crippen molar-refractivity contribution in [3.8, 4) is 23.0 Å². The maximum absolute atomic E-state index is 11.7. The second kappa shape index (κ2) is 16.9. The van der Waals surface area contributed by atoms with E-state index in [4.69, 9.17) is 28.3 Å². The molecule has 0 heterocycles. The Hall–Kier alpha value is -5.95. The quantitative estimate of drug-likeness (QED) is 0.0378. The van der Waals surface area contributed by atoms with Gasteiger partial charge in [0.2, 0.25) is 10.0 Å². The van der Waals surface area contributed by atoms with E-state index in [0.717, 1.165) is 41.8 Å². The first-order chi connectivity index (χ1) is 26.8.